The summed E-state index contributed by atoms with van der Waals surface area (Å²) in [7, 11) is 0. The number of thiocarbonyl (C=S) groups is 1. The van der Waals surface area contributed by atoms with E-state index in [1.165, 1.54) is 0 Å². The molecule has 0 spiro atoms. The van der Waals surface area contributed by atoms with E-state index in [9.17, 15) is 9.59 Å². The molecule has 0 aliphatic carbocycles. The van der Waals surface area contributed by atoms with Crippen LogP contribution in [0.3, 0.4) is 0 Å². The second kappa shape index (κ2) is 11.1. The molecule has 2 aromatic carbocycles. The standard InChI is InChI=1S/C21H25N3O4S/c1-14(2)13-28-18-10-6-4-8-16(18)20(27)24-21(29)23-17-9-5-3-7-15(17)19(26)22-11-12-25/h3-10,14,25H,11-13H2,1-2H3,(H,22,26)(H2,23,24,27,29). The summed E-state index contributed by atoms with van der Waals surface area (Å²) < 4.78 is 5.71. The van der Waals surface area contributed by atoms with Crippen LogP contribution in [0.15, 0.2) is 48.5 Å². The fourth-order valence-electron chi connectivity index (χ4n) is 2.42. The predicted octanol–water partition coefficient (Wildman–Crippen LogP) is 2.57. The minimum Gasteiger partial charge on any atom is -0.492 e. The Morgan fingerprint density at radius 3 is 2.38 bits per heavy atom. The lowest BCUT2D eigenvalue weighted by Gasteiger charge is -2.15. The van der Waals surface area contributed by atoms with Gasteiger partial charge in [-0.1, -0.05) is 38.1 Å². The van der Waals surface area contributed by atoms with Crippen molar-refractivity contribution in [1.82, 2.24) is 10.6 Å². The van der Waals surface area contributed by atoms with Gasteiger partial charge < -0.3 is 20.5 Å². The Labute approximate surface area is 175 Å². The first-order valence-electron chi connectivity index (χ1n) is 9.24. The maximum absolute atomic E-state index is 12.6. The SMILES string of the molecule is CC(C)COc1ccccc1C(=O)NC(=S)Nc1ccccc1C(=O)NCCO. The number of hydrogen-bond donors (Lipinski definition) is 4. The molecular formula is C21H25N3O4S. The van der Waals surface area contributed by atoms with Gasteiger partial charge in [-0.05, 0) is 42.4 Å². The van der Waals surface area contributed by atoms with Crippen LogP contribution in [0.2, 0.25) is 0 Å². The second-order valence-electron chi connectivity index (χ2n) is 6.63. The summed E-state index contributed by atoms with van der Waals surface area (Å²) in [6.07, 6.45) is 0. The van der Waals surface area contributed by atoms with Gasteiger partial charge >= 0.3 is 0 Å². The maximum atomic E-state index is 12.6. The molecule has 0 aliphatic heterocycles. The molecule has 0 atom stereocenters. The minimum absolute atomic E-state index is 0.0519. The number of aliphatic hydroxyl groups excluding tert-OH is 1. The third-order valence-electron chi connectivity index (χ3n) is 3.75. The smallest absolute Gasteiger partial charge is 0.261 e. The van der Waals surface area contributed by atoms with Crippen LogP contribution in [0.5, 0.6) is 5.75 Å². The molecule has 154 valence electrons. The van der Waals surface area contributed by atoms with Gasteiger partial charge in [0.15, 0.2) is 5.11 Å². The number of carbonyl (C=O) groups is 2. The van der Waals surface area contributed by atoms with Crippen LogP contribution in [0.25, 0.3) is 0 Å². The van der Waals surface area contributed by atoms with Crippen molar-refractivity contribution in [3.05, 3.63) is 59.7 Å². The maximum Gasteiger partial charge on any atom is 0.261 e. The molecule has 0 bridgehead atoms. The van der Waals surface area contributed by atoms with Crippen LogP contribution in [0, 0.1) is 5.92 Å². The first-order valence-corrected chi connectivity index (χ1v) is 9.65. The molecule has 0 aromatic heterocycles. The van der Waals surface area contributed by atoms with Gasteiger partial charge in [0, 0.05) is 6.54 Å². The lowest BCUT2D eigenvalue weighted by Crippen LogP contribution is -2.35. The van der Waals surface area contributed by atoms with Crippen LogP contribution in [0.1, 0.15) is 34.6 Å². The van der Waals surface area contributed by atoms with E-state index < -0.39 is 5.91 Å². The summed E-state index contributed by atoms with van der Waals surface area (Å²) >= 11 is 5.24. The Kier molecular flexibility index (Phi) is 8.57. The van der Waals surface area contributed by atoms with Gasteiger partial charge in [0.05, 0.1) is 30.0 Å². The number of hydrogen-bond acceptors (Lipinski definition) is 5. The molecule has 4 N–H and O–H groups in total. The summed E-state index contributed by atoms with van der Waals surface area (Å²) in [6.45, 7) is 4.52. The molecule has 29 heavy (non-hydrogen) atoms. The topological polar surface area (TPSA) is 99.7 Å². The first kappa shape index (κ1) is 22.3. The number of carbonyl (C=O) groups excluding carboxylic acids is 2. The van der Waals surface area contributed by atoms with E-state index in [0.717, 1.165) is 0 Å². The van der Waals surface area contributed by atoms with Crippen molar-refractivity contribution >= 4 is 34.8 Å². The number of rotatable bonds is 8. The number of benzene rings is 2. The highest BCUT2D eigenvalue weighted by Gasteiger charge is 2.16. The van der Waals surface area contributed by atoms with E-state index in [0.29, 0.717) is 35.1 Å². The molecule has 0 radical (unpaired) electrons. The van der Waals surface area contributed by atoms with Crippen molar-refractivity contribution in [3.8, 4) is 5.75 Å². The van der Waals surface area contributed by atoms with Gasteiger partial charge in [0.1, 0.15) is 5.75 Å². The van der Waals surface area contributed by atoms with Crippen LogP contribution in [-0.2, 0) is 0 Å². The predicted molar refractivity (Wildman–Crippen MR) is 116 cm³/mol. The normalized spacial score (nSPS) is 10.3. The molecule has 0 heterocycles. The quantitative estimate of drug-likeness (QED) is 0.495. The van der Waals surface area contributed by atoms with Crippen molar-refractivity contribution in [3.63, 3.8) is 0 Å². The Morgan fingerprint density at radius 2 is 1.69 bits per heavy atom. The number of amides is 2. The highest BCUT2D eigenvalue weighted by atomic mass is 32.1. The summed E-state index contributed by atoms with van der Waals surface area (Å²) in [5.74, 6) is 0.0281. The van der Waals surface area contributed by atoms with Gasteiger partial charge in [-0.3, -0.25) is 14.9 Å². The van der Waals surface area contributed by atoms with Crippen molar-refractivity contribution in [1.29, 1.82) is 0 Å². The fraction of sp³-hybridized carbons (Fsp3) is 0.286. The summed E-state index contributed by atoms with van der Waals surface area (Å²) in [5, 5.41) is 17.0. The van der Waals surface area contributed by atoms with Crippen LogP contribution in [-0.4, -0.2) is 41.8 Å². The second-order valence-corrected chi connectivity index (χ2v) is 7.04. The van der Waals surface area contributed by atoms with E-state index in [1.807, 2.05) is 13.8 Å². The van der Waals surface area contributed by atoms with Crippen molar-refractivity contribution < 1.29 is 19.4 Å². The number of ether oxygens (including phenoxy) is 1. The highest BCUT2D eigenvalue weighted by molar-refractivity contribution is 7.80. The first-order chi connectivity index (χ1) is 13.9. The van der Waals surface area contributed by atoms with E-state index in [1.54, 1.807) is 48.5 Å². The molecule has 0 saturated heterocycles. The van der Waals surface area contributed by atoms with Crippen LogP contribution < -0.4 is 20.7 Å². The van der Waals surface area contributed by atoms with Crippen molar-refractivity contribution in [2.75, 3.05) is 25.1 Å². The minimum atomic E-state index is -0.413. The number of nitrogens with one attached hydrogen (secondary N) is 3. The monoisotopic (exact) mass is 415 g/mol. The number of para-hydroxylation sites is 2. The van der Waals surface area contributed by atoms with Gasteiger partial charge in [0.2, 0.25) is 0 Å². The van der Waals surface area contributed by atoms with E-state index in [2.05, 4.69) is 16.0 Å². The number of anilines is 1. The zero-order valence-corrected chi connectivity index (χ0v) is 17.2. The molecule has 0 fully saturated rings. The lowest BCUT2D eigenvalue weighted by atomic mass is 10.1. The summed E-state index contributed by atoms with van der Waals surface area (Å²) in [5.41, 5.74) is 1.15. The molecule has 2 rings (SSSR count). The molecule has 0 aliphatic rings. The lowest BCUT2D eigenvalue weighted by molar-refractivity contribution is 0.0944. The Balaban J connectivity index is 2.07. The van der Waals surface area contributed by atoms with E-state index in [-0.39, 0.29) is 24.2 Å². The molecule has 2 aromatic rings. The third-order valence-corrected chi connectivity index (χ3v) is 3.95. The van der Waals surface area contributed by atoms with E-state index in [4.69, 9.17) is 22.1 Å². The van der Waals surface area contributed by atoms with Crippen molar-refractivity contribution in [2.45, 2.75) is 13.8 Å². The largest absolute Gasteiger partial charge is 0.492 e. The summed E-state index contributed by atoms with van der Waals surface area (Å²) in [6, 6.07) is 13.7. The van der Waals surface area contributed by atoms with Crippen molar-refractivity contribution in [2.24, 2.45) is 5.92 Å². The van der Waals surface area contributed by atoms with E-state index >= 15 is 0 Å². The van der Waals surface area contributed by atoms with Gasteiger partial charge in [-0.2, -0.15) is 0 Å². The zero-order chi connectivity index (χ0) is 21.2. The Bertz CT molecular complexity index is 871. The fourth-order valence-corrected chi connectivity index (χ4v) is 2.62. The molecule has 2 amide bonds. The molecule has 8 heteroatoms. The molecular weight excluding hydrogens is 390 g/mol. The van der Waals surface area contributed by atoms with Gasteiger partial charge in [-0.15, -0.1) is 0 Å². The molecule has 7 nitrogen and oxygen atoms in total. The van der Waals surface area contributed by atoms with Crippen LogP contribution >= 0.6 is 12.2 Å². The number of aliphatic hydroxyl groups is 1. The highest BCUT2D eigenvalue weighted by Crippen LogP contribution is 2.19. The van der Waals surface area contributed by atoms with Gasteiger partial charge in [0.25, 0.3) is 11.8 Å². The third kappa shape index (κ3) is 6.85. The average molecular weight is 416 g/mol. The Hall–Kier alpha value is -2.97. The average Bonchev–Trinajstić information content (AvgIpc) is 2.70. The molecule has 0 saturated carbocycles. The zero-order valence-electron chi connectivity index (χ0n) is 16.4. The van der Waals surface area contributed by atoms with Gasteiger partial charge in [-0.25, -0.2) is 0 Å². The molecule has 0 unspecified atom stereocenters. The van der Waals surface area contributed by atoms with Crippen LogP contribution in [0.4, 0.5) is 5.69 Å². The summed E-state index contributed by atoms with van der Waals surface area (Å²) in [4.78, 5) is 24.9. The Morgan fingerprint density at radius 1 is 1.03 bits per heavy atom.